The third-order valence-corrected chi connectivity index (χ3v) is 5.89. The van der Waals surface area contributed by atoms with Gasteiger partial charge in [-0.1, -0.05) is 17.3 Å². The Morgan fingerprint density at radius 1 is 1.19 bits per heavy atom. The van der Waals surface area contributed by atoms with Crippen LogP contribution in [0.2, 0.25) is 0 Å². The van der Waals surface area contributed by atoms with Gasteiger partial charge in [0.15, 0.2) is 0 Å². The fourth-order valence-corrected chi connectivity index (χ4v) is 4.03. The molecule has 4 rings (SSSR count). The lowest BCUT2D eigenvalue weighted by Gasteiger charge is -2.11. The zero-order valence-electron chi connectivity index (χ0n) is 14.5. The molecule has 1 heterocycles. The van der Waals surface area contributed by atoms with E-state index in [4.69, 9.17) is 9.78 Å². The Morgan fingerprint density at radius 2 is 1.93 bits per heavy atom. The number of nitriles is 1. The van der Waals surface area contributed by atoms with Gasteiger partial charge < -0.3 is 4.52 Å². The van der Waals surface area contributed by atoms with Crippen LogP contribution in [0, 0.1) is 18.3 Å². The van der Waals surface area contributed by atoms with Gasteiger partial charge in [0.05, 0.1) is 16.5 Å². The fraction of sp³-hybridized carbons (Fsp3) is 0.211. The highest BCUT2D eigenvalue weighted by Gasteiger charge is 2.30. The maximum absolute atomic E-state index is 12.8. The number of anilines is 1. The van der Waals surface area contributed by atoms with Crippen LogP contribution in [-0.2, 0) is 10.0 Å². The molecule has 27 heavy (non-hydrogen) atoms. The largest absolute Gasteiger partial charge is 0.339 e. The summed E-state index contributed by atoms with van der Waals surface area (Å²) < 4.78 is 33.5. The van der Waals surface area contributed by atoms with E-state index in [-0.39, 0.29) is 4.90 Å². The van der Waals surface area contributed by atoms with Crippen molar-refractivity contribution >= 4 is 15.7 Å². The minimum atomic E-state index is -3.81. The number of nitrogens with one attached hydrogen (secondary N) is 1. The molecule has 1 N–H and O–H groups in total. The predicted octanol–water partition coefficient (Wildman–Crippen LogP) is 3.59. The van der Waals surface area contributed by atoms with Crippen molar-refractivity contribution < 1.29 is 12.9 Å². The lowest BCUT2D eigenvalue weighted by Crippen LogP contribution is -2.14. The molecule has 3 aromatic rings. The Kier molecular flexibility index (Phi) is 4.16. The third-order valence-electron chi connectivity index (χ3n) is 4.37. The molecule has 1 aliphatic rings. The summed E-state index contributed by atoms with van der Waals surface area (Å²) in [5.41, 5.74) is 2.02. The Balaban J connectivity index is 1.65. The van der Waals surface area contributed by atoms with E-state index in [0.717, 1.165) is 12.8 Å². The van der Waals surface area contributed by atoms with Gasteiger partial charge in [-0.15, -0.1) is 0 Å². The van der Waals surface area contributed by atoms with Crippen molar-refractivity contribution in [1.82, 2.24) is 10.1 Å². The van der Waals surface area contributed by atoms with Gasteiger partial charge >= 0.3 is 0 Å². The van der Waals surface area contributed by atoms with E-state index in [9.17, 15) is 8.42 Å². The molecule has 0 radical (unpaired) electrons. The number of nitrogens with zero attached hydrogens (tertiary/aromatic N) is 3. The highest BCUT2D eigenvalue weighted by atomic mass is 32.2. The molecular weight excluding hydrogens is 364 g/mol. The summed E-state index contributed by atoms with van der Waals surface area (Å²) in [6.07, 6.45) is 2.09. The van der Waals surface area contributed by atoms with Crippen LogP contribution >= 0.6 is 0 Å². The molecule has 8 heteroatoms. The standard InChI is InChI=1S/C19H16N4O3S/c1-12-2-5-15(18-21-19(26-22-18)14-6-7-14)10-17(12)27(24,25)23-16-8-3-13(11-20)4-9-16/h2-5,8-10,14,23H,6-7H2,1H3. The number of hydrogen-bond donors (Lipinski definition) is 1. The summed E-state index contributed by atoms with van der Waals surface area (Å²) in [5.74, 6) is 1.32. The van der Waals surface area contributed by atoms with Crippen molar-refractivity contribution in [1.29, 1.82) is 5.26 Å². The third kappa shape index (κ3) is 3.55. The van der Waals surface area contributed by atoms with Gasteiger partial charge in [0.25, 0.3) is 10.0 Å². The first-order valence-electron chi connectivity index (χ1n) is 8.44. The van der Waals surface area contributed by atoms with Crippen LogP contribution < -0.4 is 4.72 Å². The molecule has 0 bridgehead atoms. The van der Waals surface area contributed by atoms with Crippen molar-refractivity contribution in [3.05, 3.63) is 59.5 Å². The van der Waals surface area contributed by atoms with E-state index in [2.05, 4.69) is 14.9 Å². The minimum Gasteiger partial charge on any atom is -0.339 e. The van der Waals surface area contributed by atoms with E-state index in [1.165, 1.54) is 0 Å². The number of rotatable bonds is 5. The van der Waals surface area contributed by atoms with E-state index in [1.807, 2.05) is 6.07 Å². The molecule has 7 nitrogen and oxygen atoms in total. The first-order valence-corrected chi connectivity index (χ1v) is 9.92. The number of aryl methyl sites for hydroxylation is 1. The second-order valence-electron chi connectivity index (χ2n) is 6.51. The zero-order chi connectivity index (χ0) is 19.0. The molecule has 1 aromatic heterocycles. The maximum atomic E-state index is 12.8. The molecule has 0 unspecified atom stereocenters. The van der Waals surface area contributed by atoms with E-state index in [1.54, 1.807) is 49.4 Å². The van der Waals surface area contributed by atoms with Crippen LogP contribution in [0.3, 0.4) is 0 Å². The van der Waals surface area contributed by atoms with Gasteiger partial charge in [-0.05, 0) is 55.7 Å². The van der Waals surface area contributed by atoms with Gasteiger partial charge in [-0.25, -0.2) is 8.42 Å². The van der Waals surface area contributed by atoms with Crippen LogP contribution in [0.25, 0.3) is 11.4 Å². The van der Waals surface area contributed by atoms with Crippen molar-refractivity contribution in [2.24, 2.45) is 0 Å². The Morgan fingerprint density at radius 3 is 2.59 bits per heavy atom. The van der Waals surface area contributed by atoms with E-state index in [0.29, 0.717) is 40.0 Å². The van der Waals surface area contributed by atoms with Crippen LogP contribution in [0.4, 0.5) is 5.69 Å². The van der Waals surface area contributed by atoms with Crippen LogP contribution in [0.15, 0.2) is 51.9 Å². The van der Waals surface area contributed by atoms with Crippen molar-refractivity contribution in [2.45, 2.75) is 30.6 Å². The maximum Gasteiger partial charge on any atom is 0.262 e. The Labute approximate surface area is 156 Å². The first-order chi connectivity index (χ1) is 13.0. The summed E-state index contributed by atoms with van der Waals surface area (Å²) >= 11 is 0. The molecule has 0 spiro atoms. The quantitative estimate of drug-likeness (QED) is 0.724. The summed E-state index contributed by atoms with van der Waals surface area (Å²) in [4.78, 5) is 4.52. The fourth-order valence-electron chi connectivity index (χ4n) is 2.70. The van der Waals surface area contributed by atoms with Gasteiger partial charge in [-0.2, -0.15) is 10.2 Å². The molecule has 1 aliphatic carbocycles. The van der Waals surface area contributed by atoms with Gasteiger partial charge in [0.2, 0.25) is 11.7 Å². The smallest absolute Gasteiger partial charge is 0.262 e. The van der Waals surface area contributed by atoms with Crippen LogP contribution in [-0.4, -0.2) is 18.6 Å². The number of sulfonamides is 1. The van der Waals surface area contributed by atoms with Crippen molar-refractivity contribution in [3.63, 3.8) is 0 Å². The van der Waals surface area contributed by atoms with Crippen molar-refractivity contribution in [3.8, 4) is 17.5 Å². The summed E-state index contributed by atoms with van der Waals surface area (Å²) in [6.45, 7) is 1.73. The summed E-state index contributed by atoms with van der Waals surface area (Å²) in [5, 5.41) is 12.8. The van der Waals surface area contributed by atoms with E-state index >= 15 is 0 Å². The molecule has 1 saturated carbocycles. The topological polar surface area (TPSA) is 109 Å². The Bertz CT molecular complexity index is 1140. The average Bonchev–Trinajstić information content (AvgIpc) is 3.39. The van der Waals surface area contributed by atoms with Crippen LogP contribution in [0.5, 0.6) is 0 Å². The highest BCUT2D eigenvalue weighted by molar-refractivity contribution is 7.92. The summed E-state index contributed by atoms with van der Waals surface area (Å²) in [6, 6.07) is 13.3. The SMILES string of the molecule is Cc1ccc(-c2noc(C3CC3)n2)cc1S(=O)(=O)Nc1ccc(C#N)cc1. The molecule has 0 aliphatic heterocycles. The van der Waals surface area contributed by atoms with Crippen molar-refractivity contribution in [2.75, 3.05) is 4.72 Å². The normalized spacial score (nSPS) is 13.9. The monoisotopic (exact) mass is 380 g/mol. The van der Waals surface area contributed by atoms with Gasteiger partial charge in [0.1, 0.15) is 0 Å². The lowest BCUT2D eigenvalue weighted by atomic mass is 10.1. The second-order valence-corrected chi connectivity index (χ2v) is 8.16. The van der Waals surface area contributed by atoms with E-state index < -0.39 is 10.0 Å². The van der Waals surface area contributed by atoms with Gasteiger partial charge in [0, 0.05) is 17.2 Å². The Hall–Kier alpha value is -3.18. The molecule has 136 valence electrons. The molecule has 1 fully saturated rings. The second kappa shape index (κ2) is 6.52. The zero-order valence-corrected chi connectivity index (χ0v) is 15.3. The number of benzene rings is 2. The molecule has 0 atom stereocenters. The molecule has 0 saturated heterocycles. The molecule has 0 amide bonds. The average molecular weight is 380 g/mol. The first kappa shape index (κ1) is 17.2. The predicted molar refractivity (Wildman–Crippen MR) is 98.4 cm³/mol. The molecule has 2 aromatic carbocycles. The van der Waals surface area contributed by atoms with Gasteiger partial charge in [-0.3, -0.25) is 4.72 Å². The highest BCUT2D eigenvalue weighted by Crippen LogP contribution is 2.39. The minimum absolute atomic E-state index is 0.141. The number of hydrogen-bond acceptors (Lipinski definition) is 6. The number of aromatic nitrogens is 2. The lowest BCUT2D eigenvalue weighted by molar-refractivity contribution is 0.380. The summed E-state index contributed by atoms with van der Waals surface area (Å²) in [7, 11) is -3.81. The molecular formula is C19H16N4O3S. The van der Waals surface area contributed by atoms with Crippen LogP contribution in [0.1, 0.15) is 35.8 Å².